The minimum Gasteiger partial charge on any atom is -0.381 e. The Morgan fingerprint density at radius 1 is 1.43 bits per heavy atom. The lowest BCUT2D eigenvalue weighted by atomic mass is 10.1. The van der Waals surface area contributed by atoms with Gasteiger partial charge in [0.2, 0.25) is 5.91 Å². The van der Waals surface area contributed by atoms with Gasteiger partial charge in [0.25, 0.3) is 0 Å². The van der Waals surface area contributed by atoms with E-state index >= 15 is 0 Å². The Kier molecular flexibility index (Phi) is 4.84. The molecule has 3 heterocycles. The van der Waals surface area contributed by atoms with E-state index in [0.717, 1.165) is 38.5 Å². The number of hydrogen-bond donors (Lipinski definition) is 2. The van der Waals surface area contributed by atoms with Crippen molar-refractivity contribution in [1.82, 2.24) is 15.1 Å². The summed E-state index contributed by atoms with van der Waals surface area (Å²) >= 11 is 0. The minimum absolute atomic E-state index is 0.0116. The molecule has 0 aliphatic carbocycles. The van der Waals surface area contributed by atoms with Crippen molar-refractivity contribution in [1.29, 1.82) is 0 Å². The van der Waals surface area contributed by atoms with Gasteiger partial charge in [-0.25, -0.2) is 4.68 Å². The molecule has 21 heavy (non-hydrogen) atoms. The van der Waals surface area contributed by atoms with Gasteiger partial charge < -0.3 is 20.1 Å². The van der Waals surface area contributed by atoms with Crippen LogP contribution in [0.3, 0.4) is 0 Å². The number of amides is 1. The van der Waals surface area contributed by atoms with E-state index in [-0.39, 0.29) is 11.9 Å². The number of aromatic nitrogens is 2. The maximum atomic E-state index is 12.1. The van der Waals surface area contributed by atoms with E-state index in [1.165, 1.54) is 0 Å². The molecule has 7 nitrogen and oxygen atoms in total. The average Bonchev–Trinajstić information content (AvgIpc) is 3.13. The fraction of sp³-hybridized carbons (Fsp3) is 0.714. The lowest BCUT2D eigenvalue weighted by Crippen LogP contribution is -2.43. The Morgan fingerprint density at radius 2 is 2.33 bits per heavy atom. The molecule has 2 aliphatic heterocycles. The van der Waals surface area contributed by atoms with Crippen LogP contribution >= 0.6 is 0 Å². The molecular formula is C14H22N4O3. The van der Waals surface area contributed by atoms with Crippen molar-refractivity contribution in [3.05, 3.63) is 12.3 Å². The summed E-state index contributed by atoms with van der Waals surface area (Å²) in [7, 11) is 0. The fourth-order valence-corrected chi connectivity index (χ4v) is 2.72. The lowest BCUT2D eigenvalue weighted by molar-refractivity contribution is -0.117. The van der Waals surface area contributed by atoms with E-state index in [1.807, 2.05) is 10.7 Å². The summed E-state index contributed by atoms with van der Waals surface area (Å²) in [6.45, 7) is 4.49. The minimum atomic E-state index is -0.0116. The second-order valence-corrected chi connectivity index (χ2v) is 5.61. The van der Waals surface area contributed by atoms with E-state index in [1.54, 1.807) is 6.20 Å². The molecule has 1 aromatic rings. The SMILES string of the molecule is O=C(CC1COCCN1)Nc1ccnn1CC1CCOC1. The number of ether oxygens (including phenoxy) is 2. The normalized spacial score (nSPS) is 25.9. The summed E-state index contributed by atoms with van der Waals surface area (Å²) in [5, 5.41) is 10.5. The number of anilines is 1. The molecule has 0 spiro atoms. The molecule has 0 bridgehead atoms. The van der Waals surface area contributed by atoms with Crippen LogP contribution < -0.4 is 10.6 Å². The molecule has 7 heteroatoms. The molecule has 1 amide bonds. The van der Waals surface area contributed by atoms with Crippen molar-refractivity contribution in [2.45, 2.75) is 25.4 Å². The van der Waals surface area contributed by atoms with E-state index in [0.29, 0.717) is 25.6 Å². The van der Waals surface area contributed by atoms with Crippen molar-refractivity contribution in [3.63, 3.8) is 0 Å². The first-order valence-corrected chi connectivity index (χ1v) is 7.52. The summed E-state index contributed by atoms with van der Waals surface area (Å²) in [6.07, 6.45) is 3.18. The molecule has 2 fully saturated rings. The van der Waals surface area contributed by atoms with Crippen molar-refractivity contribution in [2.24, 2.45) is 5.92 Å². The van der Waals surface area contributed by atoms with Gasteiger partial charge in [0.1, 0.15) is 5.82 Å². The average molecular weight is 294 g/mol. The molecule has 1 aromatic heterocycles. The third-order valence-electron chi connectivity index (χ3n) is 3.87. The predicted molar refractivity (Wildman–Crippen MR) is 77.0 cm³/mol. The quantitative estimate of drug-likeness (QED) is 0.813. The molecule has 0 aromatic carbocycles. The zero-order chi connectivity index (χ0) is 14.5. The van der Waals surface area contributed by atoms with Gasteiger partial charge in [-0.15, -0.1) is 0 Å². The van der Waals surface area contributed by atoms with Gasteiger partial charge >= 0.3 is 0 Å². The monoisotopic (exact) mass is 294 g/mol. The maximum Gasteiger partial charge on any atom is 0.227 e. The summed E-state index contributed by atoms with van der Waals surface area (Å²) in [5.41, 5.74) is 0. The number of carbonyl (C=O) groups excluding carboxylic acids is 1. The van der Waals surface area contributed by atoms with Crippen LogP contribution in [0, 0.1) is 5.92 Å². The Hall–Kier alpha value is -1.44. The van der Waals surface area contributed by atoms with E-state index in [4.69, 9.17) is 9.47 Å². The van der Waals surface area contributed by atoms with E-state index in [9.17, 15) is 4.79 Å². The van der Waals surface area contributed by atoms with E-state index < -0.39 is 0 Å². The van der Waals surface area contributed by atoms with Crippen molar-refractivity contribution < 1.29 is 14.3 Å². The van der Waals surface area contributed by atoms with Gasteiger partial charge in [-0.2, -0.15) is 5.10 Å². The van der Waals surface area contributed by atoms with Gasteiger partial charge in [0.05, 0.1) is 26.0 Å². The number of carbonyl (C=O) groups is 1. The highest BCUT2D eigenvalue weighted by Crippen LogP contribution is 2.17. The van der Waals surface area contributed by atoms with Crippen LogP contribution in [0.15, 0.2) is 12.3 Å². The highest BCUT2D eigenvalue weighted by molar-refractivity contribution is 5.90. The molecule has 116 valence electrons. The van der Waals surface area contributed by atoms with Crippen LogP contribution in [0.5, 0.6) is 0 Å². The summed E-state index contributed by atoms with van der Waals surface area (Å²) in [5.74, 6) is 1.22. The zero-order valence-corrected chi connectivity index (χ0v) is 12.1. The van der Waals surface area contributed by atoms with Crippen LogP contribution in [-0.4, -0.2) is 54.7 Å². The number of morpholine rings is 1. The Bertz CT molecular complexity index is 465. The van der Waals surface area contributed by atoms with Crippen LogP contribution in [0.2, 0.25) is 0 Å². The molecule has 2 aliphatic rings. The standard InChI is InChI=1S/C14H22N4O3/c19-14(7-12-10-21-6-4-15-12)17-13-1-3-16-18(13)8-11-2-5-20-9-11/h1,3,11-12,15H,2,4-10H2,(H,17,19). The topological polar surface area (TPSA) is 77.4 Å². The molecule has 2 unspecified atom stereocenters. The van der Waals surface area contributed by atoms with Crippen molar-refractivity contribution >= 4 is 11.7 Å². The highest BCUT2D eigenvalue weighted by Gasteiger charge is 2.20. The fourth-order valence-electron chi connectivity index (χ4n) is 2.72. The largest absolute Gasteiger partial charge is 0.381 e. The first-order chi connectivity index (χ1) is 10.3. The highest BCUT2D eigenvalue weighted by atomic mass is 16.5. The maximum absolute atomic E-state index is 12.1. The Labute approximate surface area is 124 Å². The predicted octanol–water partition coefficient (Wildman–Crippen LogP) is 0.237. The number of rotatable bonds is 5. The lowest BCUT2D eigenvalue weighted by Gasteiger charge is -2.23. The molecule has 0 saturated carbocycles. The van der Waals surface area contributed by atoms with E-state index in [2.05, 4.69) is 15.7 Å². The molecule has 3 rings (SSSR count). The summed E-state index contributed by atoms with van der Waals surface area (Å²) in [6, 6.07) is 1.93. The van der Waals surface area contributed by atoms with Crippen molar-refractivity contribution in [3.8, 4) is 0 Å². The molecule has 2 saturated heterocycles. The van der Waals surface area contributed by atoms with Gasteiger partial charge in [-0.1, -0.05) is 0 Å². The summed E-state index contributed by atoms with van der Waals surface area (Å²) in [4.78, 5) is 12.1. The number of hydrogen-bond acceptors (Lipinski definition) is 5. The van der Waals surface area contributed by atoms with Crippen LogP contribution in [0.4, 0.5) is 5.82 Å². The van der Waals surface area contributed by atoms with Gasteiger partial charge in [0.15, 0.2) is 0 Å². The van der Waals surface area contributed by atoms with Gasteiger partial charge in [-0.05, 0) is 6.42 Å². The van der Waals surface area contributed by atoms with Gasteiger partial charge in [0, 0.05) is 44.1 Å². The third kappa shape index (κ3) is 4.03. The molecular weight excluding hydrogens is 272 g/mol. The molecule has 0 radical (unpaired) electrons. The van der Waals surface area contributed by atoms with Crippen LogP contribution in [0.1, 0.15) is 12.8 Å². The first-order valence-electron chi connectivity index (χ1n) is 7.52. The second kappa shape index (κ2) is 7.02. The van der Waals surface area contributed by atoms with Gasteiger partial charge in [-0.3, -0.25) is 4.79 Å². The Balaban J connectivity index is 1.51. The smallest absolute Gasteiger partial charge is 0.227 e. The van der Waals surface area contributed by atoms with Crippen molar-refractivity contribution in [2.75, 3.05) is 38.3 Å². The first kappa shape index (κ1) is 14.5. The number of nitrogens with zero attached hydrogens (tertiary/aromatic N) is 2. The Morgan fingerprint density at radius 3 is 3.10 bits per heavy atom. The third-order valence-corrected chi connectivity index (χ3v) is 3.87. The van der Waals surface area contributed by atoms with Crippen LogP contribution in [-0.2, 0) is 20.8 Å². The summed E-state index contributed by atoms with van der Waals surface area (Å²) < 4.78 is 12.6. The molecule has 2 N–H and O–H groups in total. The second-order valence-electron chi connectivity index (χ2n) is 5.61. The molecule has 2 atom stereocenters. The number of nitrogens with one attached hydrogen (secondary N) is 2. The van der Waals surface area contributed by atoms with Crippen LogP contribution in [0.25, 0.3) is 0 Å². The zero-order valence-electron chi connectivity index (χ0n) is 12.1.